The van der Waals surface area contributed by atoms with Gasteiger partial charge in [-0.25, -0.2) is 4.98 Å². The Labute approximate surface area is 178 Å². The van der Waals surface area contributed by atoms with Crippen LogP contribution in [0.3, 0.4) is 0 Å². The van der Waals surface area contributed by atoms with Crippen molar-refractivity contribution >= 4 is 17.0 Å². The van der Waals surface area contributed by atoms with Crippen LogP contribution in [0.5, 0.6) is 5.75 Å². The molecule has 8 heteroatoms. The molecule has 1 amide bonds. The number of amides is 1. The maximum Gasteiger partial charge on any atom is 0.271 e. The third-order valence-corrected chi connectivity index (χ3v) is 5.20. The molecule has 0 spiro atoms. The molecule has 0 aliphatic heterocycles. The number of carbonyl (C=O) groups excluding carboxylic acids is 1. The van der Waals surface area contributed by atoms with Crippen LogP contribution in [-0.4, -0.2) is 45.7 Å². The number of hydrogen-bond acceptors (Lipinski definition) is 6. The Hall–Kier alpha value is -3.94. The van der Waals surface area contributed by atoms with Gasteiger partial charge in [-0.2, -0.15) is 0 Å². The normalized spacial score (nSPS) is 10.9. The molecule has 8 nitrogen and oxygen atoms in total. The first-order chi connectivity index (χ1) is 15.1. The van der Waals surface area contributed by atoms with E-state index in [1.165, 1.54) is 10.9 Å². The highest BCUT2D eigenvalue weighted by Crippen LogP contribution is 2.26. The Morgan fingerprint density at radius 2 is 1.74 bits per heavy atom. The summed E-state index contributed by atoms with van der Waals surface area (Å²) in [6, 6.07) is 14.1. The average molecular weight is 418 g/mol. The van der Waals surface area contributed by atoms with Gasteiger partial charge >= 0.3 is 0 Å². The van der Waals surface area contributed by atoms with Gasteiger partial charge in [0.2, 0.25) is 0 Å². The van der Waals surface area contributed by atoms with Gasteiger partial charge in [-0.1, -0.05) is 5.16 Å². The largest absolute Gasteiger partial charge is 0.497 e. The van der Waals surface area contributed by atoms with Crippen LogP contribution in [0.15, 0.2) is 64.2 Å². The highest BCUT2D eigenvalue weighted by molar-refractivity contribution is 5.94. The predicted octanol–water partition coefficient (Wildman–Crippen LogP) is 3.53. The number of aromatic nitrogens is 3. The van der Waals surface area contributed by atoms with Crippen LogP contribution >= 0.6 is 0 Å². The van der Waals surface area contributed by atoms with E-state index in [0.29, 0.717) is 35.8 Å². The Bertz CT molecular complexity index is 1270. The molecule has 0 radical (unpaired) electrons. The van der Waals surface area contributed by atoms with Crippen molar-refractivity contribution in [2.24, 2.45) is 0 Å². The lowest BCUT2D eigenvalue weighted by Crippen LogP contribution is -2.30. The molecule has 158 valence electrons. The molecule has 0 aliphatic rings. The monoisotopic (exact) mass is 418 g/mol. The Morgan fingerprint density at radius 3 is 2.35 bits per heavy atom. The minimum absolute atomic E-state index is 0.0432. The molecule has 31 heavy (non-hydrogen) atoms. The summed E-state index contributed by atoms with van der Waals surface area (Å²) in [4.78, 5) is 31.8. The molecule has 2 heterocycles. The maximum absolute atomic E-state index is 13.3. The average Bonchev–Trinajstić information content (AvgIpc) is 3.25. The van der Waals surface area contributed by atoms with Gasteiger partial charge in [0, 0.05) is 24.2 Å². The van der Waals surface area contributed by atoms with Gasteiger partial charge in [-0.3, -0.25) is 14.2 Å². The third-order valence-electron chi connectivity index (χ3n) is 5.20. The number of benzene rings is 2. The van der Waals surface area contributed by atoms with Gasteiger partial charge in [0.25, 0.3) is 17.2 Å². The second kappa shape index (κ2) is 8.43. The van der Waals surface area contributed by atoms with E-state index in [9.17, 15) is 9.59 Å². The Balaban J connectivity index is 1.74. The van der Waals surface area contributed by atoms with E-state index in [4.69, 9.17) is 9.26 Å². The second-order valence-corrected chi connectivity index (χ2v) is 6.88. The van der Waals surface area contributed by atoms with Crippen molar-refractivity contribution in [1.82, 2.24) is 19.6 Å². The minimum atomic E-state index is -0.306. The molecule has 4 aromatic rings. The van der Waals surface area contributed by atoms with E-state index in [2.05, 4.69) is 10.1 Å². The number of hydrogen-bond donors (Lipinski definition) is 0. The summed E-state index contributed by atoms with van der Waals surface area (Å²) in [6.07, 6.45) is 1.40. The summed E-state index contributed by atoms with van der Waals surface area (Å²) in [5, 5.41) is 4.34. The summed E-state index contributed by atoms with van der Waals surface area (Å²) in [7, 11) is 1.59. The van der Waals surface area contributed by atoms with E-state index >= 15 is 0 Å². The quantitative estimate of drug-likeness (QED) is 0.476. The number of rotatable bonds is 6. The van der Waals surface area contributed by atoms with Crippen molar-refractivity contribution in [3.63, 3.8) is 0 Å². The molecular weight excluding hydrogens is 396 g/mol. The smallest absolute Gasteiger partial charge is 0.271 e. The van der Waals surface area contributed by atoms with Gasteiger partial charge in [-0.15, -0.1) is 0 Å². The molecule has 0 unspecified atom stereocenters. The minimum Gasteiger partial charge on any atom is -0.497 e. The maximum atomic E-state index is 13.3. The molecule has 0 aliphatic carbocycles. The Morgan fingerprint density at radius 1 is 1.06 bits per heavy atom. The lowest BCUT2D eigenvalue weighted by atomic mass is 10.1. The number of carbonyl (C=O) groups is 1. The molecule has 0 fully saturated rings. The number of nitrogens with zero attached hydrogens (tertiary/aromatic N) is 4. The molecule has 2 aromatic heterocycles. The summed E-state index contributed by atoms with van der Waals surface area (Å²) in [6.45, 7) is 5.16. The van der Waals surface area contributed by atoms with Crippen LogP contribution in [0.1, 0.15) is 24.2 Å². The molecule has 0 N–H and O–H groups in total. The van der Waals surface area contributed by atoms with Gasteiger partial charge in [0.05, 0.1) is 12.8 Å². The van der Waals surface area contributed by atoms with Crippen LogP contribution in [-0.2, 0) is 0 Å². The van der Waals surface area contributed by atoms with Crippen molar-refractivity contribution in [3.05, 3.63) is 70.8 Å². The van der Waals surface area contributed by atoms with Gasteiger partial charge in [0.15, 0.2) is 0 Å². The van der Waals surface area contributed by atoms with Crippen molar-refractivity contribution in [2.75, 3.05) is 20.2 Å². The lowest BCUT2D eigenvalue weighted by Gasteiger charge is -2.18. The zero-order valence-corrected chi connectivity index (χ0v) is 17.5. The van der Waals surface area contributed by atoms with Crippen molar-refractivity contribution < 1.29 is 14.1 Å². The van der Waals surface area contributed by atoms with Gasteiger partial charge < -0.3 is 14.2 Å². The third kappa shape index (κ3) is 3.68. The van der Waals surface area contributed by atoms with Crippen LogP contribution in [0.25, 0.3) is 28.0 Å². The SMILES string of the molecule is CCN(CC)C(=O)c1ccc(-n2cnc3onc(-c4ccc(OC)cc4)c3c2=O)cc1. The first-order valence-electron chi connectivity index (χ1n) is 9.98. The molecule has 0 atom stereocenters. The summed E-state index contributed by atoms with van der Waals surface area (Å²) in [5.41, 5.74) is 2.16. The van der Waals surface area contributed by atoms with Crippen LogP contribution in [0.4, 0.5) is 0 Å². The first-order valence-corrected chi connectivity index (χ1v) is 9.98. The highest BCUT2D eigenvalue weighted by Gasteiger charge is 2.18. The number of fused-ring (bicyclic) bond motifs is 1. The van der Waals surface area contributed by atoms with Crippen molar-refractivity contribution in [3.8, 4) is 22.7 Å². The Kier molecular flexibility index (Phi) is 5.53. The van der Waals surface area contributed by atoms with Crippen LogP contribution < -0.4 is 10.3 Å². The van der Waals surface area contributed by atoms with E-state index < -0.39 is 0 Å². The summed E-state index contributed by atoms with van der Waals surface area (Å²) in [5.74, 6) is 0.657. The molecule has 4 rings (SSSR count). The summed E-state index contributed by atoms with van der Waals surface area (Å²) < 4.78 is 11.9. The summed E-state index contributed by atoms with van der Waals surface area (Å²) >= 11 is 0. The fourth-order valence-electron chi connectivity index (χ4n) is 3.43. The molecular formula is C23H22N4O4. The molecule has 0 bridgehead atoms. The van der Waals surface area contributed by atoms with E-state index in [1.807, 2.05) is 13.8 Å². The van der Waals surface area contributed by atoms with Gasteiger partial charge in [0.1, 0.15) is 23.2 Å². The van der Waals surface area contributed by atoms with Crippen LogP contribution in [0, 0.1) is 0 Å². The topological polar surface area (TPSA) is 90.5 Å². The van der Waals surface area contributed by atoms with E-state index in [1.54, 1.807) is 60.5 Å². The fourth-order valence-corrected chi connectivity index (χ4v) is 3.43. The van der Waals surface area contributed by atoms with Crippen molar-refractivity contribution in [2.45, 2.75) is 13.8 Å². The molecule has 0 saturated heterocycles. The molecule has 0 saturated carbocycles. The first kappa shape index (κ1) is 20.3. The van der Waals surface area contributed by atoms with E-state index in [0.717, 1.165) is 5.56 Å². The zero-order chi connectivity index (χ0) is 22.0. The van der Waals surface area contributed by atoms with Crippen LogP contribution in [0.2, 0.25) is 0 Å². The van der Waals surface area contributed by atoms with Gasteiger partial charge in [-0.05, 0) is 62.4 Å². The second-order valence-electron chi connectivity index (χ2n) is 6.88. The fraction of sp³-hybridized carbons (Fsp3) is 0.217. The lowest BCUT2D eigenvalue weighted by molar-refractivity contribution is 0.0773. The predicted molar refractivity (Wildman–Crippen MR) is 117 cm³/mol. The highest BCUT2D eigenvalue weighted by atomic mass is 16.5. The number of ether oxygens (including phenoxy) is 1. The van der Waals surface area contributed by atoms with E-state index in [-0.39, 0.29) is 22.6 Å². The van der Waals surface area contributed by atoms with Crippen molar-refractivity contribution in [1.29, 1.82) is 0 Å². The molecule has 2 aromatic carbocycles. The zero-order valence-electron chi connectivity index (χ0n) is 17.5. The number of methoxy groups -OCH3 is 1. The standard InChI is InChI=1S/C23H22N4O4/c1-4-26(5-2)22(28)16-6-10-17(11-7-16)27-14-24-21-19(23(27)29)20(25-31-21)15-8-12-18(30-3)13-9-15/h6-14H,4-5H2,1-3H3.